The van der Waals surface area contributed by atoms with E-state index in [1.165, 1.54) is 0 Å². The number of aromatic nitrogens is 2. The van der Waals surface area contributed by atoms with Crippen LogP contribution in [0.1, 0.15) is 16.8 Å². The van der Waals surface area contributed by atoms with Crippen LogP contribution in [0.4, 0.5) is 0 Å². The molecule has 0 saturated heterocycles. The molecule has 3 rings (SSSR count). The molecule has 0 unspecified atom stereocenters. The molecule has 4 nitrogen and oxygen atoms in total. The number of para-hydroxylation sites is 1. The van der Waals surface area contributed by atoms with Crippen molar-refractivity contribution in [3.05, 3.63) is 65.6 Å². The molecule has 1 aromatic carbocycles. The van der Waals surface area contributed by atoms with Crippen molar-refractivity contribution in [3.63, 3.8) is 0 Å². The van der Waals surface area contributed by atoms with Crippen LogP contribution >= 0.6 is 0 Å². The fraction of sp³-hybridized carbons (Fsp3) is 0.222. The number of carbonyl (C=O) groups excluding carboxylic acids is 1. The van der Waals surface area contributed by atoms with Crippen molar-refractivity contribution in [1.82, 2.24) is 14.9 Å². The lowest BCUT2D eigenvalue weighted by Gasteiger charge is -2.06. The summed E-state index contributed by atoms with van der Waals surface area (Å²) in [6.45, 7) is 2.59. The van der Waals surface area contributed by atoms with Crippen molar-refractivity contribution in [3.8, 4) is 0 Å². The van der Waals surface area contributed by atoms with Crippen molar-refractivity contribution >= 4 is 16.8 Å². The summed E-state index contributed by atoms with van der Waals surface area (Å²) in [7, 11) is 2.04. The van der Waals surface area contributed by atoms with Gasteiger partial charge in [-0.2, -0.15) is 0 Å². The van der Waals surface area contributed by atoms with E-state index < -0.39 is 0 Å². The van der Waals surface area contributed by atoms with E-state index in [0.29, 0.717) is 13.0 Å². The second-order valence-electron chi connectivity index (χ2n) is 5.45. The Morgan fingerprint density at radius 3 is 2.68 bits per heavy atom. The fourth-order valence-electron chi connectivity index (χ4n) is 2.75. The van der Waals surface area contributed by atoms with Gasteiger partial charge in [-0.1, -0.05) is 18.2 Å². The van der Waals surface area contributed by atoms with Gasteiger partial charge in [0.05, 0.1) is 6.42 Å². The first-order valence-electron chi connectivity index (χ1n) is 7.35. The van der Waals surface area contributed by atoms with Gasteiger partial charge >= 0.3 is 0 Å². The lowest BCUT2D eigenvalue weighted by molar-refractivity contribution is -0.120. The van der Waals surface area contributed by atoms with Crippen LogP contribution in [-0.2, 0) is 24.8 Å². The molecule has 2 heterocycles. The van der Waals surface area contributed by atoms with Crippen LogP contribution in [0.3, 0.4) is 0 Å². The number of nitrogens with zero attached hydrogens (tertiary/aromatic N) is 2. The van der Waals surface area contributed by atoms with Gasteiger partial charge in [-0.15, -0.1) is 0 Å². The molecule has 0 radical (unpaired) electrons. The summed E-state index contributed by atoms with van der Waals surface area (Å²) in [5.41, 5.74) is 4.46. The van der Waals surface area contributed by atoms with Gasteiger partial charge in [-0.05, 0) is 36.2 Å². The number of fused-ring (bicyclic) bond motifs is 1. The number of benzene rings is 1. The zero-order chi connectivity index (χ0) is 15.5. The smallest absolute Gasteiger partial charge is 0.224 e. The van der Waals surface area contributed by atoms with Crippen molar-refractivity contribution in [1.29, 1.82) is 0 Å². The number of hydrogen-bond donors (Lipinski definition) is 1. The first-order chi connectivity index (χ1) is 10.7. The van der Waals surface area contributed by atoms with E-state index in [0.717, 1.165) is 27.7 Å². The number of aryl methyl sites for hydroxylation is 1. The fourth-order valence-corrected chi connectivity index (χ4v) is 2.75. The van der Waals surface area contributed by atoms with Crippen LogP contribution in [-0.4, -0.2) is 15.5 Å². The third-order valence-corrected chi connectivity index (χ3v) is 4.11. The topological polar surface area (TPSA) is 46.9 Å². The number of amides is 1. The molecule has 0 spiro atoms. The summed E-state index contributed by atoms with van der Waals surface area (Å²) in [4.78, 5) is 16.2. The van der Waals surface area contributed by atoms with Gasteiger partial charge in [0.15, 0.2) is 0 Å². The normalized spacial score (nSPS) is 10.8. The van der Waals surface area contributed by atoms with Crippen LogP contribution in [0.5, 0.6) is 0 Å². The van der Waals surface area contributed by atoms with Gasteiger partial charge in [0, 0.05) is 42.6 Å². The molecule has 4 heteroatoms. The van der Waals surface area contributed by atoms with Crippen molar-refractivity contribution in [2.75, 3.05) is 0 Å². The lowest BCUT2D eigenvalue weighted by atomic mass is 10.1. The highest BCUT2D eigenvalue weighted by molar-refractivity contribution is 5.90. The van der Waals surface area contributed by atoms with E-state index in [9.17, 15) is 4.79 Å². The number of hydrogen-bond acceptors (Lipinski definition) is 2. The maximum atomic E-state index is 12.3. The Hall–Kier alpha value is -2.62. The van der Waals surface area contributed by atoms with Crippen LogP contribution in [0.2, 0.25) is 0 Å². The SMILES string of the molecule is Cc1c(CC(=O)NCc2ccncc2)c2ccccc2n1C. The zero-order valence-corrected chi connectivity index (χ0v) is 12.8. The van der Waals surface area contributed by atoms with E-state index in [-0.39, 0.29) is 5.91 Å². The van der Waals surface area contributed by atoms with E-state index in [4.69, 9.17) is 0 Å². The molecule has 2 aromatic heterocycles. The Morgan fingerprint density at radius 2 is 1.91 bits per heavy atom. The number of pyridine rings is 1. The molecule has 0 atom stereocenters. The summed E-state index contributed by atoms with van der Waals surface area (Å²) in [6.07, 6.45) is 3.87. The third kappa shape index (κ3) is 2.72. The van der Waals surface area contributed by atoms with E-state index in [1.54, 1.807) is 12.4 Å². The maximum absolute atomic E-state index is 12.3. The molecule has 0 fully saturated rings. The highest BCUT2D eigenvalue weighted by Gasteiger charge is 2.14. The van der Waals surface area contributed by atoms with Gasteiger partial charge < -0.3 is 9.88 Å². The molecule has 22 heavy (non-hydrogen) atoms. The number of nitrogens with one attached hydrogen (secondary N) is 1. The predicted octanol–water partition coefficient (Wildman–Crippen LogP) is 2.74. The number of carbonyl (C=O) groups is 1. The highest BCUT2D eigenvalue weighted by atomic mass is 16.1. The van der Waals surface area contributed by atoms with E-state index in [1.807, 2.05) is 31.3 Å². The first-order valence-corrected chi connectivity index (χ1v) is 7.35. The average Bonchev–Trinajstić information content (AvgIpc) is 2.79. The minimum atomic E-state index is 0.0382. The molecule has 1 N–H and O–H groups in total. The van der Waals surface area contributed by atoms with Crippen LogP contribution < -0.4 is 5.32 Å². The number of rotatable bonds is 4. The van der Waals surface area contributed by atoms with Crippen LogP contribution in [0.25, 0.3) is 10.9 Å². The van der Waals surface area contributed by atoms with Gasteiger partial charge in [0.25, 0.3) is 0 Å². The summed E-state index contributed by atoms with van der Waals surface area (Å²) in [5, 5.41) is 4.13. The molecule has 0 bridgehead atoms. The Morgan fingerprint density at radius 1 is 1.18 bits per heavy atom. The molecule has 1 amide bonds. The lowest BCUT2D eigenvalue weighted by Crippen LogP contribution is -2.24. The average molecular weight is 293 g/mol. The highest BCUT2D eigenvalue weighted by Crippen LogP contribution is 2.25. The monoisotopic (exact) mass is 293 g/mol. The van der Waals surface area contributed by atoms with Crippen LogP contribution in [0.15, 0.2) is 48.8 Å². The first kappa shape index (κ1) is 14.3. The third-order valence-electron chi connectivity index (χ3n) is 4.11. The molecule has 0 aliphatic rings. The van der Waals surface area contributed by atoms with Crippen molar-refractivity contribution in [2.24, 2.45) is 7.05 Å². The van der Waals surface area contributed by atoms with E-state index in [2.05, 4.69) is 33.9 Å². The zero-order valence-electron chi connectivity index (χ0n) is 12.8. The molecular formula is C18H19N3O. The summed E-state index contributed by atoms with van der Waals surface area (Å²) >= 11 is 0. The van der Waals surface area contributed by atoms with Gasteiger partial charge in [0.2, 0.25) is 5.91 Å². The Labute approximate surface area is 129 Å². The summed E-state index contributed by atoms with van der Waals surface area (Å²) in [6, 6.07) is 12.0. The molecule has 0 aliphatic carbocycles. The minimum Gasteiger partial charge on any atom is -0.352 e. The predicted molar refractivity (Wildman–Crippen MR) is 87.4 cm³/mol. The molecule has 3 aromatic rings. The van der Waals surface area contributed by atoms with E-state index >= 15 is 0 Å². The molecule has 0 aliphatic heterocycles. The Bertz CT molecular complexity index is 806. The van der Waals surface area contributed by atoms with Gasteiger partial charge in [0.1, 0.15) is 0 Å². The van der Waals surface area contributed by atoms with Gasteiger partial charge in [-0.3, -0.25) is 9.78 Å². The quantitative estimate of drug-likeness (QED) is 0.804. The standard InChI is InChI=1S/C18H19N3O/c1-13-16(15-5-3-4-6-17(15)21(13)2)11-18(22)20-12-14-7-9-19-10-8-14/h3-10H,11-12H2,1-2H3,(H,20,22). The largest absolute Gasteiger partial charge is 0.352 e. The van der Waals surface area contributed by atoms with Crippen LogP contribution in [0, 0.1) is 6.92 Å². The van der Waals surface area contributed by atoms with Gasteiger partial charge in [-0.25, -0.2) is 0 Å². The summed E-state index contributed by atoms with van der Waals surface area (Å²) in [5.74, 6) is 0.0382. The maximum Gasteiger partial charge on any atom is 0.224 e. The second kappa shape index (κ2) is 6.02. The molecular weight excluding hydrogens is 274 g/mol. The Balaban J connectivity index is 1.76. The molecule has 0 saturated carbocycles. The van der Waals surface area contributed by atoms with Crippen molar-refractivity contribution < 1.29 is 4.79 Å². The Kier molecular flexibility index (Phi) is 3.92. The minimum absolute atomic E-state index is 0.0382. The van der Waals surface area contributed by atoms with Crippen molar-refractivity contribution in [2.45, 2.75) is 19.9 Å². The molecule has 112 valence electrons. The summed E-state index contributed by atoms with van der Waals surface area (Å²) < 4.78 is 2.14. The second-order valence-corrected chi connectivity index (χ2v) is 5.45.